The summed E-state index contributed by atoms with van der Waals surface area (Å²) in [6.45, 7) is 1.26. The molecule has 0 heterocycles. The Morgan fingerprint density at radius 3 is 2.05 bits per heavy atom. The number of anilines is 1. The van der Waals surface area contributed by atoms with Crippen LogP contribution in [0.1, 0.15) is 12.5 Å². The second kappa shape index (κ2) is 5.47. The molecular weight excluding hydrogens is 281 g/mol. The monoisotopic (exact) mass is 294 g/mol. The van der Waals surface area contributed by atoms with Gasteiger partial charge < -0.3 is 11.1 Å². The topological polar surface area (TPSA) is 55.1 Å². The quantitative estimate of drug-likeness (QED) is 0.911. The van der Waals surface area contributed by atoms with Crippen LogP contribution in [0.5, 0.6) is 0 Å². The van der Waals surface area contributed by atoms with Crippen molar-refractivity contribution >= 4 is 11.6 Å². The van der Waals surface area contributed by atoms with Crippen LogP contribution in [0.4, 0.5) is 18.9 Å². The van der Waals surface area contributed by atoms with Gasteiger partial charge in [-0.05, 0) is 43.3 Å². The summed E-state index contributed by atoms with van der Waals surface area (Å²) in [5.41, 5.74) is 3.32. The standard InChI is InChI=1S/C15H13F3N2O/c1-15(14(19)21,13-11(17)3-2-4-12(13)18)20-10-7-5-9(16)6-8-10/h2-8,20H,1H3,(H2,19,21). The van der Waals surface area contributed by atoms with Crippen LogP contribution in [0.2, 0.25) is 0 Å². The summed E-state index contributed by atoms with van der Waals surface area (Å²) < 4.78 is 40.7. The Kier molecular flexibility index (Phi) is 3.88. The second-order valence-corrected chi connectivity index (χ2v) is 4.72. The van der Waals surface area contributed by atoms with Crippen molar-refractivity contribution in [3.05, 3.63) is 65.5 Å². The Morgan fingerprint density at radius 2 is 1.57 bits per heavy atom. The number of hydrogen-bond acceptors (Lipinski definition) is 2. The molecular formula is C15H13F3N2O. The molecule has 2 aromatic rings. The first kappa shape index (κ1) is 14.9. The highest BCUT2D eigenvalue weighted by atomic mass is 19.1. The normalized spacial score (nSPS) is 13.5. The predicted octanol–water partition coefficient (Wildman–Crippen LogP) is 2.92. The van der Waals surface area contributed by atoms with Crippen LogP contribution in [-0.4, -0.2) is 5.91 Å². The van der Waals surface area contributed by atoms with Gasteiger partial charge in [0.25, 0.3) is 0 Å². The Labute approximate surface area is 119 Å². The molecule has 2 aromatic carbocycles. The van der Waals surface area contributed by atoms with E-state index in [2.05, 4.69) is 5.32 Å². The first-order valence-corrected chi connectivity index (χ1v) is 6.13. The summed E-state index contributed by atoms with van der Waals surface area (Å²) in [6.07, 6.45) is 0. The van der Waals surface area contributed by atoms with Gasteiger partial charge in [-0.3, -0.25) is 4.79 Å². The fourth-order valence-corrected chi connectivity index (χ4v) is 2.04. The first-order chi connectivity index (χ1) is 9.84. The molecule has 0 spiro atoms. The van der Waals surface area contributed by atoms with E-state index in [-0.39, 0.29) is 0 Å². The number of amides is 1. The van der Waals surface area contributed by atoms with Gasteiger partial charge in [-0.1, -0.05) is 6.07 Å². The van der Waals surface area contributed by atoms with Gasteiger partial charge in [0.05, 0.1) is 5.56 Å². The number of carbonyl (C=O) groups excluding carboxylic acids is 1. The molecule has 21 heavy (non-hydrogen) atoms. The average Bonchev–Trinajstić information content (AvgIpc) is 2.41. The number of nitrogens with one attached hydrogen (secondary N) is 1. The number of hydrogen-bond donors (Lipinski definition) is 2. The molecule has 0 aliphatic heterocycles. The van der Waals surface area contributed by atoms with Crippen LogP contribution < -0.4 is 11.1 Å². The van der Waals surface area contributed by atoms with Crippen molar-refractivity contribution in [3.8, 4) is 0 Å². The molecule has 0 saturated heterocycles. The molecule has 2 rings (SSSR count). The van der Waals surface area contributed by atoms with Crippen LogP contribution in [-0.2, 0) is 10.3 Å². The minimum atomic E-state index is -1.81. The molecule has 0 aliphatic carbocycles. The van der Waals surface area contributed by atoms with E-state index >= 15 is 0 Å². The number of benzene rings is 2. The lowest BCUT2D eigenvalue weighted by molar-refractivity contribution is -0.122. The number of primary amides is 1. The number of carbonyl (C=O) groups is 1. The van der Waals surface area contributed by atoms with Crippen LogP contribution in [0.15, 0.2) is 42.5 Å². The Bertz CT molecular complexity index is 653. The maximum absolute atomic E-state index is 13.9. The van der Waals surface area contributed by atoms with Gasteiger partial charge in [0.1, 0.15) is 23.0 Å². The summed E-state index contributed by atoms with van der Waals surface area (Å²) in [5, 5.41) is 2.66. The van der Waals surface area contributed by atoms with Crippen molar-refractivity contribution in [2.45, 2.75) is 12.5 Å². The molecule has 1 unspecified atom stereocenters. The minimum Gasteiger partial charge on any atom is -0.368 e. The van der Waals surface area contributed by atoms with Crippen molar-refractivity contribution < 1.29 is 18.0 Å². The Balaban J connectivity index is 2.51. The van der Waals surface area contributed by atoms with Gasteiger partial charge in [-0.25, -0.2) is 13.2 Å². The third-order valence-corrected chi connectivity index (χ3v) is 3.19. The van der Waals surface area contributed by atoms with Gasteiger partial charge in [0.2, 0.25) is 5.91 Å². The zero-order chi connectivity index (χ0) is 15.6. The lowest BCUT2D eigenvalue weighted by Crippen LogP contribution is -2.46. The molecule has 0 aromatic heterocycles. The molecule has 1 atom stereocenters. The smallest absolute Gasteiger partial charge is 0.247 e. The fourth-order valence-electron chi connectivity index (χ4n) is 2.04. The van der Waals surface area contributed by atoms with E-state index in [4.69, 9.17) is 5.73 Å². The van der Waals surface area contributed by atoms with E-state index in [9.17, 15) is 18.0 Å². The zero-order valence-corrected chi connectivity index (χ0v) is 11.2. The van der Waals surface area contributed by atoms with E-state index in [0.29, 0.717) is 5.69 Å². The highest BCUT2D eigenvalue weighted by molar-refractivity contribution is 5.89. The number of rotatable bonds is 4. The predicted molar refractivity (Wildman–Crippen MR) is 72.9 cm³/mol. The lowest BCUT2D eigenvalue weighted by Gasteiger charge is -2.29. The molecule has 3 N–H and O–H groups in total. The van der Waals surface area contributed by atoms with Crippen molar-refractivity contribution in [2.24, 2.45) is 5.73 Å². The largest absolute Gasteiger partial charge is 0.368 e. The molecule has 0 fully saturated rings. The highest BCUT2D eigenvalue weighted by Gasteiger charge is 2.38. The summed E-state index contributed by atoms with van der Waals surface area (Å²) in [5.74, 6) is -3.23. The van der Waals surface area contributed by atoms with Crippen LogP contribution in [0.3, 0.4) is 0 Å². The summed E-state index contributed by atoms with van der Waals surface area (Å²) in [4.78, 5) is 11.7. The number of halogens is 3. The zero-order valence-electron chi connectivity index (χ0n) is 11.2. The van der Waals surface area contributed by atoms with Gasteiger partial charge in [0, 0.05) is 5.69 Å². The molecule has 110 valence electrons. The molecule has 1 amide bonds. The highest BCUT2D eigenvalue weighted by Crippen LogP contribution is 2.30. The Morgan fingerprint density at radius 1 is 1.05 bits per heavy atom. The van der Waals surface area contributed by atoms with Crippen molar-refractivity contribution in [3.63, 3.8) is 0 Å². The maximum atomic E-state index is 13.9. The molecule has 0 radical (unpaired) electrons. The van der Waals surface area contributed by atoms with E-state index in [1.807, 2.05) is 0 Å². The summed E-state index contributed by atoms with van der Waals surface area (Å²) in [6, 6.07) is 8.25. The third-order valence-electron chi connectivity index (χ3n) is 3.19. The van der Waals surface area contributed by atoms with Gasteiger partial charge >= 0.3 is 0 Å². The minimum absolute atomic E-state index is 0.306. The van der Waals surface area contributed by atoms with Crippen molar-refractivity contribution in [1.29, 1.82) is 0 Å². The van der Waals surface area contributed by atoms with Crippen LogP contribution in [0.25, 0.3) is 0 Å². The molecule has 6 heteroatoms. The third kappa shape index (κ3) is 2.84. The SMILES string of the molecule is CC(Nc1ccc(F)cc1)(C(N)=O)c1c(F)cccc1F. The Hall–Kier alpha value is -2.50. The average molecular weight is 294 g/mol. The van der Waals surface area contributed by atoms with Crippen LogP contribution in [0, 0.1) is 17.5 Å². The summed E-state index contributed by atoms with van der Waals surface area (Å²) >= 11 is 0. The van der Waals surface area contributed by atoms with E-state index < -0.39 is 34.5 Å². The summed E-state index contributed by atoms with van der Waals surface area (Å²) in [7, 11) is 0. The molecule has 0 saturated carbocycles. The second-order valence-electron chi connectivity index (χ2n) is 4.72. The first-order valence-electron chi connectivity index (χ1n) is 6.13. The number of nitrogens with two attached hydrogens (primary N) is 1. The van der Waals surface area contributed by atoms with Crippen molar-refractivity contribution in [2.75, 3.05) is 5.32 Å². The lowest BCUT2D eigenvalue weighted by atomic mass is 9.89. The molecule has 3 nitrogen and oxygen atoms in total. The van der Waals surface area contributed by atoms with Gasteiger partial charge in [-0.2, -0.15) is 0 Å². The van der Waals surface area contributed by atoms with Gasteiger partial charge in [-0.15, -0.1) is 0 Å². The molecule has 0 bridgehead atoms. The van der Waals surface area contributed by atoms with Gasteiger partial charge in [0.15, 0.2) is 0 Å². The van der Waals surface area contributed by atoms with E-state index in [0.717, 1.165) is 24.3 Å². The van der Waals surface area contributed by atoms with E-state index in [1.54, 1.807) is 0 Å². The fraction of sp³-hybridized carbons (Fsp3) is 0.133. The van der Waals surface area contributed by atoms with Crippen LogP contribution >= 0.6 is 0 Å². The maximum Gasteiger partial charge on any atom is 0.247 e. The van der Waals surface area contributed by atoms with E-state index in [1.165, 1.54) is 25.1 Å². The molecule has 0 aliphatic rings. The van der Waals surface area contributed by atoms with Crippen molar-refractivity contribution in [1.82, 2.24) is 0 Å².